The van der Waals surface area contributed by atoms with Crippen molar-refractivity contribution in [3.8, 4) is 0 Å². The Morgan fingerprint density at radius 1 is 1.25 bits per heavy atom. The summed E-state index contributed by atoms with van der Waals surface area (Å²) >= 11 is 0. The molecule has 1 rings (SSSR count). The maximum absolute atomic E-state index is 3.57. The van der Waals surface area contributed by atoms with Crippen LogP contribution >= 0.6 is 0 Å². The highest BCUT2D eigenvalue weighted by molar-refractivity contribution is 5.19. The molecular formula is C11H19N. The van der Waals surface area contributed by atoms with E-state index in [1.807, 2.05) is 0 Å². The van der Waals surface area contributed by atoms with E-state index >= 15 is 0 Å². The molecule has 2 unspecified atom stereocenters. The lowest BCUT2D eigenvalue weighted by atomic mass is 10.0. The third kappa shape index (κ3) is 2.49. The Kier molecular flexibility index (Phi) is 3.54. The first kappa shape index (κ1) is 9.53. The van der Waals surface area contributed by atoms with Crippen molar-refractivity contribution in [2.75, 3.05) is 0 Å². The summed E-state index contributed by atoms with van der Waals surface area (Å²) in [4.78, 5) is 0. The molecule has 0 aromatic carbocycles. The molecule has 12 heavy (non-hydrogen) atoms. The number of hydrogen-bond donors (Lipinski definition) is 1. The van der Waals surface area contributed by atoms with E-state index < -0.39 is 0 Å². The molecule has 0 aliphatic heterocycles. The van der Waals surface area contributed by atoms with Crippen LogP contribution in [0.15, 0.2) is 24.3 Å². The molecule has 1 aliphatic rings. The summed E-state index contributed by atoms with van der Waals surface area (Å²) in [7, 11) is 0. The minimum absolute atomic E-state index is 0.565. The summed E-state index contributed by atoms with van der Waals surface area (Å²) in [5, 5.41) is 3.57. The number of nitrogens with one attached hydrogen (secondary N) is 1. The fourth-order valence-corrected chi connectivity index (χ4v) is 1.46. The first-order chi connectivity index (χ1) is 5.74. The van der Waals surface area contributed by atoms with Gasteiger partial charge in [0.05, 0.1) is 0 Å². The van der Waals surface area contributed by atoms with E-state index in [-0.39, 0.29) is 0 Å². The lowest BCUT2D eigenvalue weighted by Gasteiger charge is -2.22. The third-order valence-corrected chi connectivity index (χ3v) is 2.51. The van der Waals surface area contributed by atoms with Crippen LogP contribution in [0.2, 0.25) is 0 Å². The molecule has 1 heteroatoms. The van der Waals surface area contributed by atoms with Crippen molar-refractivity contribution in [2.45, 2.75) is 39.3 Å². The van der Waals surface area contributed by atoms with Gasteiger partial charge in [-0.05, 0) is 20.3 Å². The molecule has 0 radical (unpaired) electrons. The Labute approximate surface area is 75.6 Å². The van der Waals surface area contributed by atoms with Crippen LogP contribution in [0.5, 0.6) is 0 Å². The zero-order valence-electron chi connectivity index (χ0n) is 8.25. The Morgan fingerprint density at radius 2 is 1.83 bits per heavy atom. The molecule has 0 spiro atoms. The maximum Gasteiger partial charge on any atom is 0.0139 e. The Bertz CT molecular complexity index is 169. The van der Waals surface area contributed by atoms with Gasteiger partial charge >= 0.3 is 0 Å². The van der Waals surface area contributed by atoms with Crippen molar-refractivity contribution < 1.29 is 0 Å². The van der Waals surface area contributed by atoms with Crippen LogP contribution in [0.25, 0.3) is 0 Å². The van der Waals surface area contributed by atoms with Gasteiger partial charge in [0.25, 0.3) is 0 Å². The molecule has 0 aromatic heterocycles. The standard InChI is InChI=1S/C11H19N/c1-4-9(2)12-10(3)11-7-5-6-8-11/h5-12H,4H2,1-3H3. The summed E-state index contributed by atoms with van der Waals surface area (Å²) in [6.45, 7) is 6.69. The molecule has 0 heterocycles. The average Bonchev–Trinajstić information content (AvgIpc) is 2.56. The van der Waals surface area contributed by atoms with Crippen LogP contribution in [0, 0.1) is 5.92 Å². The Morgan fingerprint density at radius 3 is 2.33 bits per heavy atom. The molecule has 1 nitrogen and oxygen atoms in total. The highest BCUT2D eigenvalue weighted by atomic mass is 14.9. The summed E-state index contributed by atoms with van der Waals surface area (Å²) in [5.41, 5.74) is 0. The lowest BCUT2D eigenvalue weighted by molar-refractivity contribution is 0.422. The van der Waals surface area contributed by atoms with Gasteiger partial charge in [-0.2, -0.15) is 0 Å². The fraction of sp³-hybridized carbons (Fsp3) is 0.636. The molecule has 0 aromatic rings. The molecule has 68 valence electrons. The minimum atomic E-state index is 0.565. The van der Waals surface area contributed by atoms with Crippen molar-refractivity contribution in [3.63, 3.8) is 0 Å². The van der Waals surface area contributed by atoms with Gasteiger partial charge in [0.2, 0.25) is 0 Å². The minimum Gasteiger partial charge on any atom is -0.311 e. The van der Waals surface area contributed by atoms with E-state index in [0.717, 1.165) is 0 Å². The van der Waals surface area contributed by atoms with Crippen molar-refractivity contribution >= 4 is 0 Å². The normalized spacial score (nSPS) is 21.6. The lowest BCUT2D eigenvalue weighted by Crippen LogP contribution is -2.37. The van der Waals surface area contributed by atoms with E-state index in [2.05, 4.69) is 50.4 Å². The monoisotopic (exact) mass is 165 g/mol. The number of allylic oxidation sites excluding steroid dienone is 2. The van der Waals surface area contributed by atoms with Gasteiger partial charge in [-0.15, -0.1) is 0 Å². The van der Waals surface area contributed by atoms with Gasteiger partial charge in [-0.3, -0.25) is 0 Å². The van der Waals surface area contributed by atoms with Crippen LogP contribution < -0.4 is 5.32 Å². The molecule has 0 saturated carbocycles. The Hall–Kier alpha value is -0.560. The molecule has 1 aliphatic carbocycles. The second-order valence-electron chi connectivity index (χ2n) is 3.61. The van der Waals surface area contributed by atoms with E-state index in [0.29, 0.717) is 18.0 Å². The van der Waals surface area contributed by atoms with Gasteiger partial charge < -0.3 is 5.32 Å². The average molecular weight is 165 g/mol. The fourth-order valence-electron chi connectivity index (χ4n) is 1.46. The summed E-state index contributed by atoms with van der Waals surface area (Å²) < 4.78 is 0. The molecule has 1 N–H and O–H groups in total. The van der Waals surface area contributed by atoms with Crippen molar-refractivity contribution in [1.82, 2.24) is 5.32 Å². The summed E-state index contributed by atoms with van der Waals surface area (Å²) in [5.74, 6) is 0.596. The van der Waals surface area contributed by atoms with Crippen molar-refractivity contribution in [2.24, 2.45) is 5.92 Å². The van der Waals surface area contributed by atoms with Gasteiger partial charge in [-0.25, -0.2) is 0 Å². The molecule has 0 saturated heterocycles. The third-order valence-electron chi connectivity index (χ3n) is 2.51. The van der Waals surface area contributed by atoms with Crippen LogP contribution in [0.3, 0.4) is 0 Å². The molecule has 0 bridgehead atoms. The molecule has 0 fully saturated rings. The van der Waals surface area contributed by atoms with Crippen LogP contribution in [0.1, 0.15) is 27.2 Å². The predicted octanol–water partition coefficient (Wildman–Crippen LogP) is 2.51. The van der Waals surface area contributed by atoms with Crippen LogP contribution in [-0.2, 0) is 0 Å². The molecular weight excluding hydrogens is 146 g/mol. The van der Waals surface area contributed by atoms with Crippen molar-refractivity contribution in [1.29, 1.82) is 0 Å². The quantitative estimate of drug-likeness (QED) is 0.675. The van der Waals surface area contributed by atoms with E-state index in [1.165, 1.54) is 6.42 Å². The smallest absolute Gasteiger partial charge is 0.0139 e. The van der Waals surface area contributed by atoms with Gasteiger partial charge in [-0.1, -0.05) is 31.2 Å². The van der Waals surface area contributed by atoms with Crippen LogP contribution in [-0.4, -0.2) is 12.1 Å². The molecule has 0 amide bonds. The second kappa shape index (κ2) is 4.46. The Balaban J connectivity index is 2.32. The predicted molar refractivity (Wildman–Crippen MR) is 54.1 cm³/mol. The zero-order chi connectivity index (χ0) is 8.97. The van der Waals surface area contributed by atoms with E-state index in [9.17, 15) is 0 Å². The first-order valence-corrected chi connectivity index (χ1v) is 4.85. The highest BCUT2D eigenvalue weighted by Crippen LogP contribution is 2.13. The largest absolute Gasteiger partial charge is 0.311 e. The number of hydrogen-bond acceptors (Lipinski definition) is 1. The highest BCUT2D eigenvalue weighted by Gasteiger charge is 2.14. The van der Waals surface area contributed by atoms with Gasteiger partial charge in [0.1, 0.15) is 0 Å². The van der Waals surface area contributed by atoms with Crippen LogP contribution in [0.4, 0.5) is 0 Å². The topological polar surface area (TPSA) is 12.0 Å². The maximum atomic E-state index is 3.57. The summed E-state index contributed by atoms with van der Waals surface area (Å²) in [6, 6.07) is 1.19. The first-order valence-electron chi connectivity index (χ1n) is 4.85. The second-order valence-corrected chi connectivity index (χ2v) is 3.61. The zero-order valence-corrected chi connectivity index (χ0v) is 8.25. The van der Waals surface area contributed by atoms with Crippen molar-refractivity contribution in [3.05, 3.63) is 24.3 Å². The van der Waals surface area contributed by atoms with E-state index in [4.69, 9.17) is 0 Å². The van der Waals surface area contributed by atoms with Gasteiger partial charge in [0, 0.05) is 18.0 Å². The SMILES string of the molecule is CCC(C)NC(C)C1C=CC=C1. The van der Waals surface area contributed by atoms with Gasteiger partial charge in [0.15, 0.2) is 0 Å². The van der Waals surface area contributed by atoms with E-state index in [1.54, 1.807) is 0 Å². The summed E-state index contributed by atoms with van der Waals surface area (Å²) in [6.07, 6.45) is 9.95. The number of rotatable bonds is 4. The molecule has 2 atom stereocenters.